The standard InChI is InChI=1S/C20H21N5O/c1-12(2)25-15-10-9-14(11-16(15)24(3)20(25)26)17-18(22-23-19(17)21)13-7-5-4-6-8-13/h4-12H,1-3H3,(H3,21,22,23). The molecule has 3 N–H and O–H groups in total. The third kappa shape index (κ3) is 2.34. The van der Waals surface area contributed by atoms with Gasteiger partial charge in [0.2, 0.25) is 0 Å². The van der Waals surface area contributed by atoms with E-state index in [1.54, 1.807) is 16.2 Å². The van der Waals surface area contributed by atoms with Crippen LogP contribution >= 0.6 is 0 Å². The molecule has 0 unspecified atom stereocenters. The predicted octanol–water partition coefficient (Wildman–Crippen LogP) is 3.56. The summed E-state index contributed by atoms with van der Waals surface area (Å²) < 4.78 is 3.48. The zero-order valence-electron chi connectivity index (χ0n) is 15.0. The van der Waals surface area contributed by atoms with Crippen LogP contribution in [0.4, 0.5) is 5.82 Å². The van der Waals surface area contributed by atoms with Gasteiger partial charge in [0.15, 0.2) is 5.82 Å². The zero-order valence-corrected chi connectivity index (χ0v) is 15.0. The average Bonchev–Trinajstić information content (AvgIpc) is 3.14. The summed E-state index contributed by atoms with van der Waals surface area (Å²) in [6.45, 7) is 4.02. The van der Waals surface area contributed by atoms with Gasteiger partial charge in [-0.25, -0.2) is 4.79 Å². The second kappa shape index (κ2) is 5.91. The first-order valence-corrected chi connectivity index (χ1v) is 8.59. The maximum absolute atomic E-state index is 12.6. The lowest BCUT2D eigenvalue weighted by atomic mass is 10.0. The van der Waals surface area contributed by atoms with Crippen LogP contribution in [0, 0.1) is 0 Å². The summed E-state index contributed by atoms with van der Waals surface area (Å²) in [4.78, 5) is 12.6. The number of imidazole rings is 1. The number of benzene rings is 2. The Labute approximate surface area is 150 Å². The van der Waals surface area contributed by atoms with Gasteiger partial charge in [0.25, 0.3) is 0 Å². The minimum Gasteiger partial charge on any atom is -0.382 e. The molecule has 132 valence electrons. The van der Waals surface area contributed by atoms with Crippen molar-refractivity contribution in [2.75, 3.05) is 5.73 Å². The molecule has 4 aromatic rings. The molecule has 26 heavy (non-hydrogen) atoms. The number of aromatic nitrogens is 4. The molecule has 0 amide bonds. The lowest BCUT2D eigenvalue weighted by Gasteiger charge is -2.08. The number of H-pyrrole nitrogens is 1. The van der Waals surface area contributed by atoms with Crippen LogP contribution in [0.5, 0.6) is 0 Å². The van der Waals surface area contributed by atoms with Gasteiger partial charge in [-0.15, -0.1) is 0 Å². The molecule has 0 atom stereocenters. The van der Waals surface area contributed by atoms with Gasteiger partial charge < -0.3 is 5.73 Å². The fourth-order valence-electron chi connectivity index (χ4n) is 3.48. The highest BCUT2D eigenvalue weighted by Crippen LogP contribution is 2.36. The summed E-state index contributed by atoms with van der Waals surface area (Å²) in [5, 5.41) is 7.24. The number of hydrogen-bond donors (Lipinski definition) is 2. The number of aromatic amines is 1. The minimum absolute atomic E-state index is 0.0180. The number of hydrogen-bond acceptors (Lipinski definition) is 3. The first kappa shape index (κ1) is 16.2. The van der Waals surface area contributed by atoms with Crippen LogP contribution in [0.25, 0.3) is 33.4 Å². The zero-order chi connectivity index (χ0) is 18.4. The summed E-state index contributed by atoms with van der Waals surface area (Å²) in [5.41, 5.74) is 11.6. The first-order chi connectivity index (χ1) is 12.5. The van der Waals surface area contributed by atoms with Crippen LogP contribution < -0.4 is 11.4 Å². The molecular formula is C20H21N5O. The Morgan fingerprint density at radius 1 is 1.04 bits per heavy atom. The monoisotopic (exact) mass is 347 g/mol. The molecule has 2 heterocycles. The molecule has 0 saturated carbocycles. The number of nitrogens with one attached hydrogen (secondary N) is 1. The van der Waals surface area contributed by atoms with Crippen molar-refractivity contribution in [1.29, 1.82) is 0 Å². The Morgan fingerprint density at radius 3 is 2.46 bits per heavy atom. The molecule has 0 saturated heterocycles. The van der Waals surface area contributed by atoms with Gasteiger partial charge in [0.05, 0.1) is 22.3 Å². The number of aryl methyl sites for hydroxylation is 1. The summed E-state index contributed by atoms with van der Waals surface area (Å²) in [6.07, 6.45) is 0. The van der Waals surface area contributed by atoms with Crippen molar-refractivity contribution in [1.82, 2.24) is 19.3 Å². The van der Waals surface area contributed by atoms with Crippen LogP contribution in [0.1, 0.15) is 19.9 Å². The Kier molecular flexibility index (Phi) is 3.68. The van der Waals surface area contributed by atoms with Gasteiger partial charge >= 0.3 is 5.69 Å². The van der Waals surface area contributed by atoms with E-state index < -0.39 is 0 Å². The van der Waals surface area contributed by atoms with Gasteiger partial charge in [-0.1, -0.05) is 36.4 Å². The first-order valence-electron chi connectivity index (χ1n) is 8.59. The Morgan fingerprint density at radius 2 is 1.77 bits per heavy atom. The highest BCUT2D eigenvalue weighted by Gasteiger charge is 2.18. The van der Waals surface area contributed by atoms with E-state index >= 15 is 0 Å². The van der Waals surface area contributed by atoms with Crippen molar-refractivity contribution in [3.05, 3.63) is 59.0 Å². The van der Waals surface area contributed by atoms with Crippen molar-refractivity contribution >= 4 is 16.9 Å². The molecule has 6 nitrogen and oxygen atoms in total. The highest BCUT2D eigenvalue weighted by atomic mass is 16.1. The average molecular weight is 347 g/mol. The number of anilines is 1. The van der Waals surface area contributed by atoms with Gasteiger partial charge in [-0.3, -0.25) is 14.2 Å². The molecular weight excluding hydrogens is 326 g/mol. The van der Waals surface area contributed by atoms with E-state index in [0.717, 1.165) is 33.4 Å². The fraction of sp³-hybridized carbons (Fsp3) is 0.200. The molecule has 0 fully saturated rings. The van der Waals surface area contributed by atoms with Crippen molar-refractivity contribution in [3.63, 3.8) is 0 Å². The molecule has 0 spiro atoms. The number of nitrogens with zero attached hydrogens (tertiary/aromatic N) is 3. The minimum atomic E-state index is -0.0180. The summed E-state index contributed by atoms with van der Waals surface area (Å²) >= 11 is 0. The number of fused-ring (bicyclic) bond motifs is 1. The molecule has 4 rings (SSSR count). The molecule has 0 bridgehead atoms. The van der Waals surface area contributed by atoms with Crippen molar-refractivity contribution < 1.29 is 0 Å². The summed E-state index contributed by atoms with van der Waals surface area (Å²) in [5.74, 6) is 0.441. The number of nitrogen functional groups attached to an aromatic ring is 1. The van der Waals surface area contributed by atoms with Gasteiger partial charge in [-0.05, 0) is 31.5 Å². The molecule has 6 heteroatoms. The van der Waals surface area contributed by atoms with Crippen molar-refractivity contribution in [2.24, 2.45) is 7.05 Å². The van der Waals surface area contributed by atoms with E-state index in [9.17, 15) is 4.79 Å². The van der Waals surface area contributed by atoms with E-state index in [2.05, 4.69) is 10.2 Å². The van der Waals surface area contributed by atoms with Crippen molar-refractivity contribution in [2.45, 2.75) is 19.9 Å². The van der Waals surface area contributed by atoms with Crippen molar-refractivity contribution in [3.8, 4) is 22.4 Å². The van der Waals surface area contributed by atoms with Crippen LogP contribution in [-0.2, 0) is 7.05 Å². The number of nitrogens with two attached hydrogens (primary N) is 1. The fourth-order valence-corrected chi connectivity index (χ4v) is 3.48. The molecule has 0 aliphatic heterocycles. The predicted molar refractivity (Wildman–Crippen MR) is 105 cm³/mol. The lowest BCUT2D eigenvalue weighted by Crippen LogP contribution is -2.23. The molecule has 0 aliphatic carbocycles. The van der Waals surface area contributed by atoms with E-state index in [1.807, 2.05) is 62.4 Å². The van der Waals surface area contributed by atoms with Gasteiger partial charge in [-0.2, -0.15) is 5.10 Å². The second-order valence-corrected chi connectivity index (χ2v) is 6.73. The Bertz CT molecular complexity index is 1150. The van der Waals surface area contributed by atoms with Crippen LogP contribution in [0.15, 0.2) is 53.3 Å². The topological polar surface area (TPSA) is 81.6 Å². The quantitative estimate of drug-likeness (QED) is 0.594. The molecule has 2 aromatic heterocycles. The van der Waals surface area contributed by atoms with Crippen LogP contribution in [-0.4, -0.2) is 19.3 Å². The summed E-state index contributed by atoms with van der Waals surface area (Å²) in [6, 6.07) is 16.0. The Balaban J connectivity index is 1.96. The lowest BCUT2D eigenvalue weighted by molar-refractivity contribution is 0.583. The van der Waals surface area contributed by atoms with E-state index in [1.165, 1.54) is 0 Å². The van der Waals surface area contributed by atoms with Gasteiger partial charge in [0.1, 0.15) is 0 Å². The third-order valence-corrected chi connectivity index (χ3v) is 4.75. The van der Waals surface area contributed by atoms with Crippen LogP contribution in [0.3, 0.4) is 0 Å². The third-order valence-electron chi connectivity index (χ3n) is 4.75. The van der Waals surface area contributed by atoms with E-state index in [4.69, 9.17) is 5.73 Å². The second-order valence-electron chi connectivity index (χ2n) is 6.73. The Hall–Kier alpha value is -3.28. The maximum Gasteiger partial charge on any atom is 0.329 e. The van der Waals surface area contributed by atoms with Crippen LogP contribution in [0.2, 0.25) is 0 Å². The van der Waals surface area contributed by atoms with E-state index in [-0.39, 0.29) is 11.7 Å². The van der Waals surface area contributed by atoms with E-state index in [0.29, 0.717) is 5.82 Å². The SMILES string of the molecule is CC(C)n1c(=O)n(C)c2cc(-c3c(N)n[nH]c3-c3ccccc3)ccc21. The highest BCUT2D eigenvalue weighted by molar-refractivity contribution is 5.92. The molecule has 0 aliphatic rings. The normalized spacial score (nSPS) is 11.5. The summed E-state index contributed by atoms with van der Waals surface area (Å²) in [7, 11) is 1.80. The molecule has 0 radical (unpaired) electrons. The smallest absolute Gasteiger partial charge is 0.329 e. The maximum atomic E-state index is 12.6. The molecule has 2 aromatic carbocycles. The van der Waals surface area contributed by atoms with Gasteiger partial charge in [0, 0.05) is 18.7 Å². The number of rotatable bonds is 3. The largest absolute Gasteiger partial charge is 0.382 e.